The lowest BCUT2D eigenvalue weighted by molar-refractivity contribution is -0.128. The Hall–Kier alpha value is -0.840. The largest absolute Gasteiger partial charge is 0.343 e. The summed E-state index contributed by atoms with van der Waals surface area (Å²) in [6.45, 7) is 3.37. The number of carbonyl (C=O) groups is 3. The second kappa shape index (κ2) is 8.29. The number of carbonyl (C=O) groups excluding carboxylic acids is 3. The molecule has 1 rings (SSSR count). The summed E-state index contributed by atoms with van der Waals surface area (Å²) in [6, 6.07) is 0. The van der Waals surface area contributed by atoms with Crippen molar-refractivity contribution >= 4 is 29.2 Å². The fourth-order valence-electron chi connectivity index (χ4n) is 1.86. The van der Waals surface area contributed by atoms with Crippen LogP contribution in [0.3, 0.4) is 0 Å². The molecule has 0 bridgehead atoms. The van der Waals surface area contributed by atoms with E-state index in [1.165, 1.54) is 11.8 Å². The molecule has 102 valence electrons. The Morgan fingerprint density at radius 3 is 2.61 bits per heavy atom. The third-order valence-corrected chi connectivity index (χ3v) is 4.03. The Kier molecular flexibility index (Phi) is 7.01. The molecule has 1 amide bonds. The number of likely N-dealkylation sites (tertiary alicyclic amines) is 1. The van der Waals surface area contributed by atoms with Crippen LogP contribution in [0.5, 0.6) is 0 Å². The predicted molar refractivity (Wildman–Crippen MR) is 72.7 cm³/mol. The van der Waals surface area contributed by atoms with Gasteiger partial charge < -0.3 is 4.90 Å². The van der Waals surface area contributed by atoms with Crippen LogP contribution in [-0.2, 0) is 14.4 Å². The zero-order chi connectivity index (χ0) is 13.4. The second-order valence-electron chi connectivity index (χ2n) is 4.51. The van der Waals surface area contributed by atoms with E-state index in [1.54, 1.807) is 0 Å². The molecule has 1 aliphatic heterocycles. The molecule has 0 N–H and O–H groups in total. The number of Topliss-reactive ketones (excluding diaryl/α,β-unsaturated/α-hetero) is 2. The van der Waals surface area contributed by atoms with Crippen LogP contribution in [0.2, 0.25) is 0 Å². The van der Waals surface area contributed by atoms with Gasteiger partial charge in [0.25, 0.3) is 0 Å². The van der Waals surface area contributed by atoms with Gasteiger partial charge in [-0.3, -0.25) is 14.4 Å². The van der Waals surface area contributed by atoms with E-state index < -0.39 is 0 Å². The van der Waals surface area contributed by atoms with Crippen LogP contribution < -0.4 is 0 Å². The van der Waals surface area contributed by atoms with Gasteiger partial charge in [-0.15, -0.1) is 11.8 Å². The molecule has 0 unspecified atom stereocenters. The van der Waals surface area contributed by atoms with Gasteiger partial charge >= 0.3 is 0 Å². The van der Waals surface area contributed by atoms with E-state index in [0.717, 1.165) is 19.4 Å². The Morgan fingerprint density at radius 1 is 1.28 bits per heavy atom. The van der Waals surface area contributed by atoms with E-state index in [1.807, 2.05) is 11.8 Å². The van der Waals surface area contributed by atoms with Crippen LogP contribution in [-0.4, -0.2) is 47.0 Å². The number of hydrogen-bond acceptors (Lipinski definition) is 4. The van der Waals surface area contributed by atoms with Gasteiger partial charge in [-0.1, -0.05) is 6.92 Å². The fourth-order valence-corrected chi connectivity index (χ4v) is 2.77. The average molecular weight is 271 g/mol. The maximum absolute atomic E-state index is 11.5. The number of ketones is 2. The van der Waals surface area contributed by atoms with Crippen LogP contribution in [0.25, 0.3) is 0 Å². The van der Waals surface area contributed by atoms with Crippen molar-refractivity contribution in [3.63, 3.8) is 0 Å². The van der Waals surface area contributed by atoms with Gasteiger partial charge in [0.2, 0.25) is 5.91 Å². The van der Waals surface area contributed by atoms with Crippen molar-refractivity contribution < 1.29 is 14.4 Å². The average Bonchev–Trinajstić information content (AvgIpc) is 2.75. The van der Waals surface area contributed by atoms with E-state index in [2.05, 4.69) is 0 Å². The predicted octanol–water partition coefficient (Wildman–Crippen LogP) is 1.67. The molecular weight excluding hydrogens is 250 g/mol. The quantitative estimate of drug-likeness (QED) is 0.640. The van der Waals surface area contributed by atoms with Crippen LogP contribution in [0.4, 0.5) is 0 Å². The second-order valence-corrected chi connectivity index (χ2v) is 5.50. The Labute approximate surface area is 112 Å². The van der Waals surface area contributed by atoms with Crippen LogP contribution >= 0.6 is 11.8 Å². The summed E-state index contributed by atoms with van der Waals surface area (Å²) in [7, 11) is 0. The minimum Gasteiger partial charge on any atom is -0.343 e. The van der Waals surface area contributed by atoms with Gasteiger partial charge in [-0.2, -0.15) is 0 Å². The number of rotatable bonds is 9. The first-order chi connectivity index (χ1) is 8.63. The highest BCUT2D eigenvalue weighted by atomic mass is 32.2. The maximum Gasteiger partial charge on any atom is 0.222 e. The minimum absolute atomic E-state index is 0.176. The number of hydrogen-bond donors (Lipinski definition) is 0. The van der Waals surface area contributed by atoms with Crippen molar-refractivity contribution in [1.29, 1.82) is 0 Å². The van der Waals surface area contributed by atoms with Gasteiger partial charge in [0.15, 0.2) is 0 Å². The molecule has 4 nitrogen and oxygen atoms in total. The van der Waals surface area contributed by atoms with E-state index in [9.17, 15) is 14.4 Å². The van der Waals surface area contributed by atoms with Gasteiger partial charge in [0.05, 0.1) is 11.5 Å². The molecule has 1 heterocycles. The molecule has 0 aromatic carbocycles. The Balaban J connectivity index is 2.03. The first-order valence-corrected chi connectivity index (χ1v) is 7.68. The lowest BCUT2D eigenvalue weighted by Crippen LogP contribution is -2.26. The summed E-state index contributed by atoms with van der Waals surface area (Å²) < 4.78 is 0. The molecule has 0 radical (unpaired) electrons. The summed E-state index contributed by atoms with van der Waals surface area (Å²) in [5.74, 6) is 1.43. The zero-order valence-corrected chi connectivity index (χ0v) is 11.8. The maximum atomic E-state index is 11.5. The lowest BCUT2D eigenvalue weighted by Gasteiger charge is -2.14. The zero-order valence-electron chi connectivity index (χ0n) is 10.9. The van der Waals surface area contributed by atoms with Crippen molar-refractivity contribution in [2.24, 2.45) is 0 Å². The lowest BCUT2D eigenvalue weighted by atomic mass is 10.2. The van der Waals surface area contributed by atoms with Crippen molar-refractivity contribution in [2.45, 2.75) is 39.0 Å². The topological polar surface area (TPSA) is 54.5 Å². The molecule has 1 saturated heterocycles. The van der Waals surface area contributed by atoms with Crippen LogP contribution in [0, 0.1) is 0 Å². The van der Waals surface area contributed by atoms with Crippen LogP contribution in [0.15, 0.2) is 0 Å². The van der Waals surface area contributed by atoms with Crippen LogP contribution in [0.1, 0.15) is 39.0 Å². The summed E-state index contributed by atoms with van der Waals surface area (Å²) in [5.41, 5.74) is 0. The third kappa shape index (κ3) is 5.67. The van der Waals surface area contributed by atoms with Crippen molar-refractivity contribution in [1.82, 2.24) is 4.90 Å². The molecular formula is C13H21NO3S. The highest BCUT2D eigenvalue weighted by Gasteiger charge is 2.19. The first-order valence-electron chi connectivity index (χ1n) is 6.52. The molecule has 1 aliphatic rings. The van der Waals surface area contributed by atoms with Gasteiger partial charge in [0.1, 0.15) is 11.6 Å². The van der Waals surface area contributed by atoms with Gasteiger partial charge in [-0.25, -0.2) is 0 Å². The van der Waals surface area contributed by atoms with E-state index in [0.29, 0.717) is 37.3 Å². The summed E-state index contributed by atoms with van der Waals surface area (Å²) in [5, 5.41) is 0. The van der Waals surface area contributed by atoms with Crippen molar-refractivity contribution in [3.05, 3.63) is 0 Å². The molecule has 1 fully saturated rings. The summed E-state index contributed by atoms with van der Waals surface area (Å²) in [6.07, 6.45) is 3.40. The molecule has 0 aliphatic carbocycles. The molecule has 0 spiro atoms. The molecule has 0 aromatic heterocycles. The van der Waals surface area contributed by atoms with Gasteiger partial charge in [0, 0.05) is 32.4 Å². The normalized spacial score (nSPS) is 15.2. The van der Waals surface area contributed by atoms with E-state index in [-0.39, 0.29) is 17.5 Å². The molecule has 0 atom stereocenters. The van der Waals surface area contributed by atoms with Crippen molar-refractivity contribution in [2.75, 3.05) is 24.6 Å². The SMILES string of the molecule is CCC(=O)CSCC(=O)CCCN1CCCC1=O. The highest BCUT2D eigenvalue weighted by molar-refractivity contribution is 8.00. The molecule has 18 heavy (non-hydrogen) atoms. The molecule has 5 heteroatoms. The smallest absolute Gasteiger partial charge is 0.222 e. The number of amides is 1. The number of thioether (sulfide) groups is 1. The first kappa shape index (κ1) is 15.2. The van der Waals surface area contributed by atoms with Gasteiger partial charge in [-0.05, 0) is 12.8 Å². The highest BCUT2D eigenvalue weighted by Crippen LogP contribution is 2.11. The standard InChI is InChI=1S/C13H21NO3S/c1-2-11(15)9-18-10-12(16)5-3-7-14-8-4-6-13(14)17/h2-10H2,1H3. The molecule has 0 aromatic rings. The summed E-state index contributed by atoms with van der Waals surface area (Å²) >= 11 is 1.40. The Bertz CT molecular complexity index is 317. The van der Waals surface area contributed by atoms with E-state index in [4.69, 9.17) is 0 Å². The van der Waals surface area contributed by atoms with Crippen molar-refractivity contribution in [3.8, 4) is 0 Å². The minimum atomic E-state index is 0.176. The third-order valence-electron chi connectivity index (χ3n) is 2.98. The summed E-state index contributed by atoms with van der Waals surface area (Å²) in [4.78, 5) is 35.7. The fraction of sp³-hybridized carbons (Fsp3) is 0.769. The van der Waals surface area contributed by atoms with E-state index >= 15 is 0 Å². The Morgan fingerprint density at radius 2 is 2.00 bits per heavy atom. The monoisotopic (exact) mass is 271 g/mol. The number of nitrogens with zero attached hydrogens (tertiary/aromatic N) is 1. The molecule has 0 saturated carbocycles.